The standard InChI is InChI=1S/C13H19NO3/c1-3-14(7-8-15)10-11-5-4-6-12(9-11)13(16)17-2/h4-6,9,15H,3,7-8,10H2,1-2H3. The molecule has 1 aromatic rings. The highest BCUT2D eigenvalue weighted by molar-refractivity contribution is 5.89. The van der Waals surface area contributed by atoms with Gasteiger partial charge >= 0.3 is 5.97 Å². The van der Waals surface area contributed by atoms with Crippen LogP contribution in [0, 0.1) is 0 Å². The molecule has 1 N–H and O–H groups in total. The number of carbonyl (C=O) groups is 1. The highest BCUT2D eigenvalue weighted by atomic mass is 16.5. The number of aliphatic hydroxyl groups is 1. The molecule has 0 unspecified atom stereocenters. The first-order valence-electron chi connectivity index (χ1n) is 5.71. The molecule has 4 nitrogen and oxygen atoms in total. The lowest BCUT2D eigenvalue weighted by Crippen LogP contribution is -2.26. The first-order valence-corrected chi connectivity index (χ1v) is 5.71. The number of carbonyl (C=O) groups excluding carboxylic acids is 1. The van der Waals surface area contributed by atoms with E-state index >= 15 is 0 Å². The Bertz CT molecular complexity index is 365. The maximum absolute atomic E-state index is 11.4. The van der Waals surface area contributed by atoms with Crippen molar-refractivity contribution in [2.75, 3.05) is 26.8 Å². The number of esters is 1. The molecule has 0 atom stereocenters. The maximum Gasteiger partial charge on any atom is 0.337 e. The lowest BCUT2D eigenvalue weighted by Gasteiger charge is -2.19. The minimum Gasteiger partial charge on any atom is -0.465 e. The molecule has 0 radical (unpaired) electrons. The zero-order valence-corrected chi connectivity index (χ0v) is 10.3. The Balaban J connectivity index is 2.74. The number of aliphatic hydroxyl groups excluding tert-OH is 1. The molecule has 0 saturated heterocycles. The van der Waals surface area contributed by atoms with Gasteiger partial charge in [-0.1, -0.05) is 19.1 Å². The SMILES string of the molecule is CCN(CCO)Cc1cccc(C(=O)OC)c1. The lowest BCUT2D eigenvalue weighted by molar-refractivity contribution is 0.0600. The van der Waals surface area contributed by atoms with Crippen molar-refractivity contribution in [1.82, 2.24) is 4.90 Å². The number of methoxy groups -OCH3 is 1. The van der Waals surface area contributed by atoms with Crippen molar-refractivity contribution in [2.24, 2.45) is 0 Å². The van der Waals surface area contributed by atoms with E-state index in [2.05, 4.69) is 9.64 Å². The van der Waals surface area contributed by atoms with Crippen LogP contribution in [0.4, 0.5) is 0 Å². The van der Waals surface area contributed by atoms with Gasteiger partial charge in [-0.05, 0) is 24.2 Å². The first-order chi connectivity index (χ1) is 8.21. The largest absolute Gasteiger partial charge is 0.465 e. The zero-order chi connectivity index (χ0) is 12.7. The number of rotatable bonds is 6. The van der Waals surface area contributed by atoms with Crippen molar-refractivity contribution in [1.29, 1.82) is 0 Å². The number of ether oxygens (including phenoxy) is 1. The Morgan fingerprint density at radius 1 is 1.47 bits per heavy atom. The predicted octanol–water partition coefficient (Wildman–Crippen LogP) is 1.29. The average Bonchev–Trinajstić information content (AvgIpc) is 2.37. The van der Waals surface area contributed by atoms with Crippen LogP contribution in [0.2, 0.25) is 0 Å². The second kappa shape index (κ2) is 7.04. The quantitative estimate of drug-likeness (QED) is 0.757. The van der Waals surface area contributed by atoms with E-state index < -0.39 is 0 Å². The summed E-state index contributed by atoms with van der Waals surface area (Å²) in [5, 5.41) is 8.91. The third kappa shape index (κ3) is 4.17. The molecule has 0 saturated carbocycles. The Labute approximate surface area is 102 Å². The molecule has 0 fully saturated rings. The van der Waals surface area contributed by atoms with Crippen LogP contribution in [-0.4, -0.2) is 42.8 Å². The second-order valence-corrected chi connectivity index (χ2v) is 3.78. The molecule has 0 aliphatic rings. The van der Waals surface area contributed by atoms with Gasteiger partial charge in [-0.25, -0.2) is 4.79 Å². The highest BCUT2D eigenvalue weighted by Gasteiger charge is 2.07. The Morgan fingerprint density at radius 3 is 2.82 bits per heavy atom. The Morgan fingerprint density at radius 2 is 2.24 bits per heavy atom. The van der Waals surface area contributed by atoms with Gasteiger partial charge in [0.2, 0.25) is 0 Å². The first kappa shape index (κ1) is 13.7. The van der Waals surface area contributed by atoms with E-state index in [-0.39, 0.29) is 12.6 Å². The summed E-state index contributed by atoms with van der Waals surface area (Å²) in [7, 11) is 1.37. The molecule has 0 aliphatic carbocycles. The monoisotopic (exact) mass is 237 g/mol. The van der Waals surface area contributed by atoms with Crippen LogP contribution in [0.25, 0.3) is 0 Å². The number of likely N-dealkylation sites (N-methyl/N-ethyl adjacent to an activating group) is 1. The molecule has 1 rings (SSSR count). The van der Waals surface area contributed by atoms with Gasteiger partial charge in [0.05, 0.1) is 19.3 Å². The number of nitrogens with zero attached hydrogens (tertiary/aromatic N) is 1. The van der Waals surface area contributed by atoms with Crippen LogP contribution >= 0.6 is 0 Å². The van der Waals surface area contributed by atoms with Crippen molar-refractivity contribution < 1.29 is 14.6 Å². The summed E-state index contributed by atoms with van der Waals surface area (Å²) in [4.78, 5) is 13.5. The highest BCUT2D eigenvalue weighted by Crippen LogP contribution is 2.09. The van der Waals surface area contributed by atoms with Crippen LogP contribution in [-0.2, 0) is 11.3 Å². The van der Waals surface area contributed by atoms with Gasteiger partial charge in [0.1, 0.15) is 0 Å². The summed E-state index contributed by atoms with van der Waals surface area (Å²) in [6, 6.07) is 7.37. The van der Waals surface area contributed by atoms with Gasteiger partial charge in [-0.3, -0.25) is 4.90 Å². The molecule has 4 heteroatoms. The van der Waals surface area contributed by atoms with E-state index in [9.17, 15) is 4.79 Å². The van der Waals surface area contributed by atoms with E-state index in [1.165, 1.54) is 7.11 Å². The van der Waals surface area contributed by atoms with Crippen molar-refractivity contribution in [2.45, 2.75) is 13.5 Å². The maximum atomic E-state index is 11.4. The molecule has 0 bridgehead atoms. The minimum absolute atomic E-state index is 0.143. The Hall–Kier alpha value is -1.39. The van der Waals surface area contributed by atoms with E-state index in [0.29, 0.717) is 12.1 Å². The lowest BCUT2D eigenvalue weighted by atomic mass is 10.1. The van der Waals surface area contributed by atoms with Gasteiger partial charge in [-0.2, -0.15) is 0 Å². The van der Waals surface area contributed by atoms with E-state index in [4.69, 9.17) is 5.11 Å². The van der Waals surface area contributed by atoms with Crippen molar-refractivity contribution in [3.05, 3.63) is 35.4 Å². The van der Waals surface area contributed by atoms with Gasteiger partial charge in [0.15, 0.2) is 0 Å². The fraction of sp³-hybridized carbons (Fsp3) is 0.462. The third-order valence-electron chi connectivity index (χ3n) is 2.62. The Kier molecular flexibility index (Phi) is 5.66. The molecule has 1 aromatic carbocycles. The van der Waals surface area contributed by atoms with E-state index in [1.807, 2.05) is 25.1 Å². The van der Waals surface area contributed by atoms with Crippen molar-refractivity contribution in [3.8, 4) is 0 Å². The van der Waals surface area contributed by atoms with Crippen LogP contribution < -0.4 is 0 Å². The molecule has 17 heavy (non-hydrogen) atoms. The smallest absolute Gasteiger partial charge is 0.337 e. The van der Waals surface area contributed by atoms with Crippen LogP contribution in [0.15, 0.2) is 24.3 Å². The molecule has 0 aliphatic heterocycles. The minimum atomic E-state index is -0.322. The summed E-state index contributed by atoms with van der Waals surface area (Å²) in [6.45, 7) is 4.41. The molecule has 0 heterocycles. The molecule has 0 amide bonds. The summed E-state index contributed by atoms with van der Waals surface area (Å²) in [5.41, 5.74) is 1.60. The fourth-order valence-corrected chi connectivity index (χ4v) is 1.66. The molecule has 0 spiro atoms. The topological polar surface area (TPSA) is 49.8 Å². The van der Waals surface area contributed by atoms with Crippen molar-refractivity contribution >= 4 is 5.97 Å². The molecule has 94 valence electrons. The number of hydrogen-bond acceptors (Lipinski definition) is 4. The van der Waals surface area contributed by atoms with E-state index in [0.717, 1.165) is 18.7 Å². The van der Waals surface area contributed by atoms with Gasteiger partial charge in [0.25, 0.3) is 0 Å². The van der Waals surface area contributed by atoms with E-state index in [1.54, 1.807) is 6.07 Å². The summed E-state index contributed by atoms with van der Waals surface area (Å²) < 4.78 is 4.68. The van der Waals surface area contributed by atoms with Crippen LogP contribution in [0.1, 0.15) is 22.8 Å². The van der Waals surface area contributed by atoms with Crippen LogP contribution in [0.5, 0.6) is 0 Å². The molecular formula is C13H19NO3. The molecule has 0 aromatic heterocycles. The molecular weight excluding hydrogens is 218 g/mol. The number of hydrogen-bond donors (Lipinski definition) is 1. The zero-order valence-electron chi connectivity index (χ0n) is 10.3. The summed E-state index contributed by atoms with van der Waals surface area (Å²) in [5.74, 6) is -0.322. The summed E-state index contributed by atoms with van der Waals surface area (Å²) >= 11 is 0. The van der Waals surface area contributed by atoms with Gasteiger partial charge < -0.3 is 9.84 Å². The summed E-state index contributed by atoms with van der Waals surface area (Å²) in [6.07, 6.45) is 0. The fourth-order valence-electron chi connectivity index (χ4n) is 1.66. The third-order valence-corrected chi connectivity index (χ3v) is 2.62. The van der Waals surface area contributed by atoms with Crippen LogP contribution in [0.3, 0.4) is 0 Å². The number of benzene rings is 1. The average molecular weight is 237 g/mol. The second-order valence-electron chi connectivity index (χ2n) is 3.78. The van der Waals surface area contributed by atoms with Gasteiger partial charge in [0, 0.05) is 13.1 Å². The van der Waals surface area contributed by atoms with Gasteiger partial charge in [-0.15, -0.1) is 0 Å². The van der Waals surface area contributed by atoms with Crippen molar-refractivity contribution in [3.63, 3.8) is 0 Å². The normalized spacial score (nSPS) is 10.6. The predicted molar refractivity (Wildman–Crippen MR) is 65.8 cm³/mol.